The van der Waals surface area contributed by atoms with Crippen LogP contribution in [0.15, 0.2) is 39.3 Å². The predicted octanol–water partition coefficient (Wildman–Crippen LogP) is 2.50. The van der Waals surface area contributed by atoms with Crippen LogP contribution in [-0.2, 0) is 19.4 Å². The lowest BCUT2D eigenvalue weighted by atomic mass is 10.1. The molecule has 0 bridgehead atoms. The smallest absolute Gasteiger partial charge is 0.191 e. The van der Waals surface area contributed by atoms with Crippen molar-refractivity contribution in [2.75, 3.05) is 32.7 Å². The van der Waals surface area contributed by atoms with Gasteiger partial charge in [-0.25, -0.2) is 0 Å². The van der Waals surface area contributed by atoms with Crippen LogP contribution in [0.4, 0.5) is 0 Å². The number of nitrogens with one attached hydrogen (secondary N) is 2. The van der Waals surface area contributed by atoms with Crippen molar-refractivity contribution in [3.63, 3.8) is 0 Å². The Bertz CT molecular complexity index is 635. The van der Waals surface area contributed by atoms with E-state index in [-0.39, 0.29) is 0 Å². The summed E-state index contributed by atoms with van der Waals surface area (Å²) in [5.41, 5.74) is 1.50. The van der Waals surface area contributed by atoms with Gasteiger partial charge in [0.05, 0.1) is 12.8 Å². The normalized spacial score (nSPS) is 15.3. The third-order valence-electron chi connectivity index (χ3n) is 4.16. The summed E-state index contributed by atoms with van der Waals surface area (Å²) in [6, 6.07) is 6.18. The van der Waals surface area contributed by atoms with Gasteiger partial charge in [-0.2, -0.15) is 0 Å². The van der Waals surface area contributed by atoms with Crippen LogP contribution in [0, 0.1) is 0 Å². The Labute approximate surface area is 147 Å². The highest BCUT2D eigenvalue weighted by atomic mass is 32.1. The molecular formula is C18H26N4OS. The Kier molecular flexibility index (Phi) is 6.32. The number of fused-ring (bicyclic) bond motifs is 1. The molecule has 1 aliphatic heterocycles. The molecule has 130 valence electrons. The van der Waals surface area contributed by atoms with E-state index in [1.807, 2.05) is 23.5 Å². The van der Waals surface area contributed by atoms with Crippen molar-refractivity contribution in [2.24, 2.45) is 4.99 Å². The molecule has 24 heavy (non-hydrogen) atoms. The van der Waals surface area contributed by atoms with Gasteiger partial charge in [0.1, 0.15) is 5.76 Å². The molecule has 0 atom stereocenters. The van der Waals surface area contributed by atoms with Gasteiger partial charge in [0, 0.05) is 44.0 Å². The minimum absolute atomic E-state index is 0.815. The van der Waals surface area contributed by atoms with Crippen LogP contribution in [0.25, 0.3) is 0 Å². The highest BCUT2D eigenvalue weighted by Gasteiger charge is 2.16. The standard InChI is InChI=1S/C18H26N4OS/c1-2-19-18(20-8-5-16-4-3-12-23-16)21-9-11-22-10-6-17-15(14-22)7-13-24-17/h3-4,7,12-13H,2,5-6,8-11,14H2,1H3,(H2,19,20,21). The van der Waals surface area contributed by atoms with Crippen molar-refractivity contribution in [2.45, 2.75) is 26.3 Å². The molecule has 0 saturated heterocycles. The van der Waals surface area contributed by atoms with Crippen molar-refractivity contribution >= 4 is 17.3 Å². The minimum atomic E-state index is 0.815. The summed E-state index contributed by atoms with van der Waals surface area (Å²) in [6.07, 6.45) is 3.76. The number of thiophene rings is 1. The molecule has 2 aromatic heterocycles. The molecule has 2 N–H and O–H groups in total. The van der Waals surface area contributed by atoms with E-state index in [9.17, 15) is 0 Å². The number of hydrogen-bond donors (Lipinski definition) is 2. The van der Waals surface area contributed by atoms with Gasteiger partial charge < -0.3 is 15.1 Å². The molecular weight excluding hydrogens is 320 g/mol. The molecule has 1 aliphatic rings. The molecule has 3 heterocycles. The summed E-state index contributed by atoms with van der Waals surface area (Å²) in [4.78, 5) is 8.74. The fourth-order valence-electron chi connectivity index (χ4n) is 2.90. The van der Waals surface area contributed by atoms with Crippen molar-refractivity contribution in [1.82, 2.24) is 15.5 Å². The Morgan fingerprint density at radius 3 is 3.17 bits per heavy atom. The maximum absolute atomic E-state index is 5.35. The summed E-state index contributed by atoms with van der Waals surface area (Å²) in [6.45, 7) is 7.81. The highest BCUT2D eigenvalue weighted by molar-refractivity contribution is 7.10. The van der Waals surface area contributed by atoms with Gasteiger partial charge in [0.2, 0.25) is 0 Å². The third kappa shape index (κ3) is 4.85. The van der Waals surface area contributed by atoms with Crippen LogP contribution in [-0.4, -0.2) is 43.6 Å². The van der Waals surface area contributed by atoms with Crippen molar-refractivity contribution in [1.29, 1.82) is 0 Å². The second-order valence-electron chi connectivity index (χ2n) is 5.91. The zero-order chi connectivity index (χ0) is 16.6. The predicted molar refractivity (Wildman–Crippen MR) is 99.7 cm³/mol. The number of rotatable bonds is 7. The Balaban J connectivity index is 1.42. The molecule has 6 heteroatoms. The van der Waals surface area contributed by atoms with Gasteiger partial charge in [-0.3, -0.25) is 9.89 Å². The minimum Gasteiger partial charge on any atom is -0.469 e. The highest BCUT2D eigenvalue weighted by Crippen LogP contribution is 2.23. The first-order chi connectivity index (χ1) is 11.8. The second-order valence-corrected chi connectivity index (χ2v) is 6.91. The number of guanidine groups is 1. The quantitative estimate of drug-likeness (QED) is 0.597. The van der Waals surface area contributed by atoms with E-state index < -0.39 is 0 Å². The molecule has 5 nitrogen and oxygen atoms in total. The van der Waals surface area contributed by atoms with Crippen molar-refractivity contribution in [3.8, 4) is 0 Å². The largest absolute Gasteiger partial charge is 0.469 e. The fraction of sp³-hybridized carbons (Fsp3) is 0.500. The first-order valence-electron chi connectivity index (χ1n) is 8.67. The van der Waals surface area contributed by atoms with Gasteiger partial charge in [-0.05, 0) is 42.5 Å². The van der Waals surface area contributed by atoms with Gasteiger partial charge in [0.15, 0.2) is 5.96 Å². The lowest BCUT2D eigenvalue weighted by Gasteiger charge is -2.26. The summed E-state index contributed by atoms with van der Waals surface area (Å²) >= 11 is 1.89. The molecule has 0 aromatic carbocycles. The molecule has 0 radical (unpaired) electrons. The van der Waals surface area contributed by atoms with Crippen LogP contribution in [0.3, 0.4) is 0 Å². The summed E-state index contributed by atoms with van der Waals surface area (Å²) in [7, 11) is 0. The van der Waals surface area contributed by atoms with Gasteiger partial charge in [-0.15, -0.1) is 11.3 Å². The molecule has 2 aromatic rings. The number of nitrogens with zero attached hydrogens (tertiary/aromatic N) is 2. The maximum Gasteiger partial charge on any atom is 0.191 e. The van der Waals surface area contributed by atoms with Crippen LogP contribution in [0.5, 0.6) is 0 Å². The lowest BCUT2D eigenvalue weighted by Crippen LogP contribution is -2.39. The first kappa shape index (κ1) is 17.0. The van der Waals surface area contributed by atoms with Crippen LogP contribution >= 0.6 is 11.3 Å². The number of aliphatic imine (C=N–C) groups is 1. The SMILES string of the molecule is CCNC(=NCCN1CCc2sccc2C1)NCCc1ccco1. The van der Waals surface area contributed by atoms with E-state index in [1.165, 1.54) is 12.0 Å². The van der Waals surface area contributed by atoms with Crippen LogP contribution < -0.4 is 10.6 Å². The second kappa shape index (κ2) is 8.89. The third-order valence-corrected chi connectivity index (χ3v) is 5.18. The Morgan fingerprint density at radius 2 is 2.33 bits per heavy atom. The average Bonchev–Trinajstić information content (AvgIpc) is 3.25. The Hall–Kier alpha value is -1.79. The number of hydrogen-bond acceptors (Lipinski definition) is 4. The van der Waals surface area contributed by atoms with E-state index in [0.29, 0.717) is 0 Å². The van der Waals surface area contributed by atoms with E-state index in [0.717, 1.165) is 57.4 Å². The first-order valence-corrected chi connectivity index (χ1v) is 9.55. The van der Waals surface area contributed by atoms with Crippen molar-refractivity contribution in [3.05, 3.63) is 46.0 Å². The van der Waals surface area contributed by atoms with Gasteiger partial charge in [-0.1, -0.05) is 0 Å². The molecule has 0 aliphatic carbocycles. The Morgan fingerprint density at radius 1 is 1.38 bits per heavy atom. The van der Waals surface area contributed by atoms with Gasteiger partial charge in [0.25, 0.3) is 0 Å². The summed E-state index contributed by atoms with van der Waals surface area (Å²) in [5.74, 6) is 1.88. The molecule has 3 rings (SSSR count). The lowest BCUT2D eigenvalue weighted by molar-refractivity contribution is 0.263. The number of furan rings is 1. The monoisotopic (exact) mass is 346 g/mol. The molecule has 0 fully saturated rings. The van der Waals surface area contributed by atoms with Gasteiger partial charge >= 0.3 is 0 Å². The maximum atomic E-state index is 5.35. The van der Waals surface area contributed by atoms with E-state index in [4.69, 9.17) is 9.41 Å². The van der Waals surface area contributed by atoms with E-state index in [1.54, 1.807) is 11.1 Å². The fourth-order valence-corrected chi connectivity index (χ4v) is 3.79. The van der Waals surface area contributed by atoms with E-state index >= 15 is 0 Å². The molecule has 0 amide bonds. The topological polar surface area (TPSA) is 52.8 Å². The summed E-state index contributed by atoms with van der Waals surface area (Å²) < 4.78 is 5.35. The molecule has 0 unspecified atom stereocenters. The van der Waals surface area contributed by atoms with Crippen LogP contribution in [0.1, 0.15) is 23.1 Å². The average molecular weight is 347 g/mol. The van der Waals surface area contributed by atoms with Crippen molar-refractivity contribution < 1.29 is 4.42 Å². The van der Waals surface area contributed by atoms with Crippen LogP contribution in [0.2, 0.25) is 0 Å². The zero-order valence-electron chi connectivity index (χ0n) is 14.3. The zero-order valence-corrected chi connectivity index (χ0v) is 15.1. The molecule has 0 spiro atoms. The molecule has 0 saturated carbocycles. The summed E-state index contributed by atoms with van der Waals surface area (Å²) in [5, 5.41) is 8.88. The van der Waals surface area contributed by atoms with E-state index in [2.05, 4.69) is 33.9 Å².